The number of rotatable bonds is 8. The summed E-state index contributed by atoms with van der Waals surface area (Å²) >= 11 is 0. The van der Waals surface area contributed by atoms with Crippen molar-refractivity contribution in [2.24, 2.45) is 0 Å². The Bertz CT molecular complexity index is 1080. The van der Waals surface area contributed by atoms with Gasteiger partial charge in [0.05, 0.1) is 6.54 Å². The van der Waals surface area contributed by atoms with E-state index in [9.17, 15) is 22.8 Å². The minimum Gasteiger partial charge on any atom is -0.492 e. The van der Waals surface area contributed by atoms with Crippen molar-refractivity contribution in [1.29, 1.82) is 0 Å². The van der Waals surface area contributed by atoms with Gasteiger partial charge in [-0.05, 0) is 24.3 Å². The van der Waals surface area contributed by atoms with Crippen LogP contribution in [0.5, 0.6) is 11.5 Å². The molecule has 1 heterocycles. The molecule has 0 bridgehead atoms. The van der Waals surface area contributed by atoms with Crippen LogP contribution in [0.4, 0.5) is 13.2 Å². The molecule has 0 atom stereocenters. The minimum atomic E-state index is -4.85. The van der Waals surface area contributed by atoms with Gasteiger partial charge >= 0.3 is 6.36 Å². The molecule has 0 spiro atoms. The Balaban J connectivity index is 1.62. The lowest BCUT2D eigenvalue weighted by Crippen LogP contribution is -2.30. The van der Waals surface area contributed by atoms with Crippen LogP contribution >= 0.6 is 0 Å². The van der Waals surface area contributed by atoms with Crippen molar-refractivity contribution < 1.29 is 27.4 Å². The highest BCUT2D eigenvalue weighted by Gasteiger charge is 2.32. The van der Waals surface area contributed by atoms with Gasteiger partial charge in [-0.3, -0.25) is 9.59 Å². The summed E-state index contributed by atoms with van der Waals surface area (Å²) in [7, 11) is 0. The van der Waals surface area contributed by atoms with Crippen LogP contribution < -0.4 is 20.3 Å². The number of amides is 1. The van der Waals surface area contributed by atoms with Crippen LogP contribution in [0, 0.1) is 0 Å². The van der Waals surface area contributed by atoms with E-state index in [-0.39, 0.29) is 31.0 Å². The molecular weight excluding hydrogens is 415 g/mol. The summed E-state index contributed by atoms with van der Waals surface area (Å²) in [6.07, 6.45) is -4.85. The van der Waals surface area contributed by atoms with Crippen molar-refractivity contribution >= 4 is 5.91 Å². The maximum absolute atomic E-state index is 12.5. The molecule has 0 fully saturated rings. The number of benzene rings is 2. The lowest BCUT2D eigenvalue weighted by Gasteiger charge is -2.13. The number of nitrogens with zero attached hydrogens (tertiary/aromatic N) is 2. The average Bonchev–Trinajstić information content (AvgIpc) is 2.74. The molecule has 162 valence electrons. The summed E-state index contributed by atoms with van der Waals surface area (Å²) < 4.78 is 48.1. The van der Waals surface area contributed by atoms with Gasteiger partial charge in [-0.25, -0.2) is 4.68 Å². The highest BCUT2D eigenvalue weighted by molar-refractivity contribution is 5.91. The van der Waals surface area contributed by atoms with Crippen molar-refractivity contribution in [2.45, 2.75) is 19.5 Å². The average molecular weight is 433 g/mol. The van der Waals surface area contributed by atoms with Gasteiger partial charge in [-0.2, -0.15) is 5.10 Å². The van der Waals surface area contributed by atoms with Crippen LogP contribution in [-0.4, -0.2) is 28.7 Å². The Morgan fingerprint density at radius 1 is 1.00 bits per heavy atom. The molecule has 1 amide bonds. The number of hydrogen-bond acceptors (Lipinski definition) is 5. The normalized spacial score (nSPS) is 11.1. The van der Waals surface area contributed by atoms with E-state index in [2.05, 4.69) is 15.2 Å². The molecule has 3 aromatic rings. The summed E-state index contributed by atoms with van der Waals surface area (Å²) in [5.74, 6) is -0.435. The smallest absolute Gasteiger partial charge is 0.492 e. The first-order valence-corrected chi connectivity index (χ1v) is 9.20. The second-order valence-electron chi connectivity index (χ2n) is 6.28. The highest BCUT2D eigenvalue weighted by Crippen LogP contribution is 2.26. The Morgan fingerprint density at radius 3 is 2.45 bits per heavy atom. The molecule has 0 saturated heterocycles. The Labute approximate surface area is 175 Å². The summed E-state index contributed by atoms with van der Waals surface area (Å²) in [5.41, 5.74) is -0.344. The fourth-order valence-corrected chi connectivity index (χ4v) is 2.64. The Morgan fingerprint density at radius 2 is 1.71 bits per heavy atom. The van der Waals surface area contributed by atoms with E-state index in [0.717, 1.165) is 10.7 Å². The van der Waals surface area contributed by atoms with Crippen molar-refractivity contribution in [2.75, 3.05) is 6.61 Å². The summed E-state index contributed by atoms with van der Waals surface area (Å²) in [4.78, 5) is 24.4. The zero-order valence-corrected chi connectivity index (χ0v) is 16.1. The fraction of sp³-hybridized carbons (Fsp3) is 0.190. The summed E-state index contributed by atoms with van der Waals surface area (Å²) in [6, 6.07) is 16.9. The van der Waals surface area contributed by atoms with E-state index >= 15 is 0 Å². The van der Waals surface area contributed by atoms with Crippen LogP contribution in [0.1, 0.15) is 16.1 Å². The van der Waals surface area contributed by atoms with Gasteiger partial charge in [0.1, 0.15) is 23.8 Å². The third-order valence-electron chi connectivity index (χ3n) is 4.05. The highest BCUT2D eigenvalue weighted by atomic mass is 19.4. The molecule has 0 aliphatic carbocycles. The predicted molar refractivity (Wildman–Crippen MR) is 105 cm³/mol. The number of alkyl halides is 3. The number of carbonyl (C=O) groups excluding carboxylic acids is 1. The third kappa shape index (κ3) is 6.59. The van der Waals surface area contributed by atoms with Gasteiger partial charge in [0.15, 0.2) is 0 Å². The molecule has 0 unspecified atom stereocenters. The van der Waals surface area contributed by atoms with Gasteiger partial charge in [-0.15, -0.1) is 13.2 Å². The first-order valence-electron chi connectivity index (χ1n) is 9.20. The minimum absolute atomic E-state index is 0.0615. The summed E-state index contributed by atoms with van der Waals surface area (Å²) in [6.45, 7) is 0.0459. The molecule has 0 aliphatic rings. The van der Waals surface area contributed by atoms with Crippen molar-refractivity contribution in [1.82, 2.24) is 15.1 Å². The first-order chi connectivity index (χ1) is 14.8. The van der Waals surface area contributed by atoms with Crippen LogP contribution in [0.2, 0.25) is 0 Å². The van der Waals surface area contributed by atoms with Crippen molar-refractivity contribution in [3.8, 4) is 11.5 Å². The Kier molecular flexibility index (Phi) is 6.91. The van der Waals surface area contributed by atoms with E-state index in [1.54, 1.807) is 12.1 Å². The first kappa shape index (κ1) is 21.9. The number of carbonyl (C=O) groups is 1. The lowest BCUT2D eigenvalue weighted by atomic mass is 10.2. The third-order valence-corrected chi connectivity index (χ3v) is 4.05. The van der Waals surface area contributed by atoms with Gasteiger partial charge in [0.2, 0.25) is 0 Å². The molecule has 0 radical (unpaired) electrons. The van der Waals surface area contributed by atoms with Crippen LogP contribution in [0.15, 0.2) is 71.5 Å². The van der Waals surface area contributed by atoms with Crippen LogP contribution in [-0.2, 0) is 13.1 Å². The summed E-state index contributed by atoms with van der Waals surface area (Å²) in [5, 5.41) is 6.47. The molecular formula is C21H18F3N3O4. The molecule has 0 aliphatic heterocycles. The van der Waals surface area contributed by atoms with Crippen LogP contribution in [0.25, 0.3) is 0 Å². The number of aromatic nitrogens is 2. The maximum Gasteiger partial charge on any atom is 0.573 e. The second kappa shape index (κ2) is 9.79. The standard InChI is InChI=1S/C21H18F3N3O4/c22-21(23,24)31-18-9-5-4-6-15(18)14-25-20(29)17-10-11-19(28)27(26-17)12-13-30-16-7-2-1-3-8-16/h1-11H,12-14H2,(H,25,29). The van der Waals surface area contributed by atoms with Gasteiger partial charge in [0.25, 0.3) is 11.5 Å². The number of para-hydroxylation sites is 2. The van der Waals surface area contributed by atoms with Gasteiger partial charge in [0, 0.05) is 18.2 Å². The molecule has 1 aromatic heterocycles. The quantitative estimate of drug-likeness (QED) is 0.590. The van der Waals surface area contributed by atoms with Crippen LogP contribution in [0.3, 0.4) is 0 Å². The van der Waals surface area contributed by atoms with E-state index < -0.39 is 23.6 Å². The number of ether oxygens (including phenoxy) is 2. The zero-order chi connectivity index (χ0) is 22.3. The molecule has 3 rings (SSSR count). The largest absolute Gasteiger partial charge is 0.573 e. The molecule has 10 heteroatoms. The van der Waals surface area contributed by atoms with Gasteiger partial charge < -0.3 is 14.8 Å². The Hall–Kier alpha value is -3.82. The molecule has 31 heavy (non-hydrogen) atoms. The second-order valence-corrected chi connectivity index (χ2v) is 6.28. The monoisotopic (exact) mass is 433 g/mol. The van der Waals surface area contributed by atoms with E-state index in [1.807, 2.05) is 18.2 Å². The molecule has 1 N–H and O–H groups in total. The van der Waals surface area contributed by atoms with E-state index in [0.29, 0.717) is 5.75 Å². The molecule has 7 nitrogen and oxygen atoms in total. The van der Waals surface area contributed by atoms with Crippen molar-refractivity contribution in [3.05, 3.63) is 88.3 Å². The van der Waals surface area contributed by atoms with E-state index in [1.165, 1.54) is 30.3 Å². The topological polar surface area (TPSA) is 82.5 Å². The SMILES string of the molecule is O=C(NCc1ccccc1OC(F)(F)F)c1ccc(=O)n(CCOc2ccccc2)n1. The number of hydrogen-bond donors (Lipinski definition) is 1. The maximum atomic E-state index is 12.5. The van der Waals surface area contributed by atoms with E-state index in [4.69, 9.17) is 4.74 Å². The lowest BCUT2D eigenvalue weighted by molar-refractivity contribution is -0.274. The fourth-order valence-electron chi connectivity index (χ4n) is 2.64. The number of halogens is 3. The zero-order valence-electron chi connectivity index (χ0n) is 16.1. The van der Waals surface area contributed by atoms with Crippen molar-refractivity contribution in [3.63, 3.8) is 0 Å². The predicted octanol–water partition coefficient (Wildman–Crippen LogP) is 3.15. The molecule has 2 aromatic carbocycles. The number of nitrogens with one attached hydrogen (secondary N) is 1. The molecule has 0 saturated carbocycles. The van der Waals surface area contributed by atoms with Gasteiger partial charge in [-0.1, -0.05) is 36.4 Å².